The molecule has 12 rings (SSSR count). The number of halogens is 4. The van der Waals surface area contributed by atoms with Crippen LogP contribution in [0.5, 0.6) is 0 Å². The molecule has 2 heterocycles. The van der Waals surface area contributed by atoms with Gasteiger partial charge in [0.05, 0.1) is 16.1 Å². The minimum absolute atomic E-state index is 0. The van der Waals surface area contributed by atoms with Gasteiger partial charge in [-0.15, -0.1) is 0 Å². The standard InChI is InChI=1S/C32H55NSi.C24H43NSi.4CH3.4ClH.2Zr/c1-20-17-18-28-27(19-20)29-23-13-7-10-16-26(23)32(30(29)33(28)2)34(3,4)31-24-14-8-5-11-21(24)22-12-6-9-15-25(22)31;1-16-13-14-21-20(15-16)22-18-11-7-8-12-19(18)24(23(22)25(21)2)26(3,4)17-9-5-6-10-17;;;;;;;;;;/h20-32H,5-19H2,1-4H3;16-24H,5-15H2,1-4H3;4*1H3;4*1H;;/q;;4*-1;;;;;2*+4/p-4. The number of rotatable bonds is 4. The van der Waals surface area contributed by atoms with Crippen LogP contribution >= 0.6 is 34.1 Å². The molecule has 0 amide bonds. The summed E-state index contributed by atoms with van der Waals surface area (Å²) in [4.78, 5) is 6.10. The molecule has 2 aliphatic heterocycles. The molecule has 20 unspecified atom stereocenters. The molecule has 0 N–H and O–H groups in total. The maximum atomic E-state index is 4.93. The number of hydrogen-bond donors (Lipinski definition) is 0. The zero-order chi connectivity index (χ0) is 46.7. The van der Waals surface area contributed by atoms with Gasteiger partial charge in [-0.25, -0.2) is 0 Å². The van der Waals surface area contributed by atoms with Crippen LogP contribution in [0.3, 0.4) is 0 Å². The number of hydrogen-bond acceptors (Lipinski definition) is 2. The summed E-state index contributed by atoms with van der Waals surface area (Å²) in [5, 5.41) is 0. The Morgan fingerprint density at radius 1 is 0.357 bits per heavy atom. The summed E-state index contributed by atoms with van der Waals surface area (Å²) in [6.07, 6.45) is 40.6. The van der Waals surface area contributed by atoms with Crippen molar-refractivity contribution in [3.8, 4) is 0 Å². The normalized spacial score (nSPS) is 45.6. The molecule has 2 nitrogen and oxygen atoms in total. The predicted octanol–water partition coefficient (Wildman–Crippen LogP) is 19.7. The molecule has 70 heavy (non-hydrogen) atoms. The molecule has 2 saturated heterocycles. The van der Waals surface area contributed by atoms with E-state index in [4.69, 9.17) is 34.1 Å². The van der Waals surface area contributed by atoms with E-state index in [0.717, 1.165) is 124 Å². The molecule has 12 aliphatic rings. The van der Waals surface area contributed by atoms with Crippen LogP contribution in [0.2, 0.25) is 48.4 Å². The van der Waals surface area contributed by atoms with Crippen LogP contribution in [0, 0.1) is 113 Å². The second kappa shape index (κ2) is 27.6. The van der Waals surface area contributed by atoms with Crippen molar-refractivity contribution in [2.75, 3.05) is 14.1 Å². The fourth-order valence-electron chi connectivity index (χ4n) is 22.9. The van der Waals surface area contributed by atoms with E-state index in [1.54, 1.807) is 128 Å². The van der Waals surface area contributed by atoms with Crippen molar-refractivity contribution in [1.82, 2.24) is 9.80 Å². The molecule has 0 bridgehead atoms. The van der Waals surface area contributed by atoms with Crippen molar-refractivity contribution in [3.05, 3.63) is 29.7 Å². The van der Waals surface area contributed by atoms with Crippen LogP contribution in [-0.2, 0) is 41.7 Å². The molecule has 10 saturated carbocycles. The number of likely N-dealkylation sites (tertiary alicyclic amines) is 2. The number of fused-ring (bicyclic) bond motifs is 13. The Labute approximate surface area is 476 Å². The third kappa shape index (κ3) is 11.9. The van der Waals surface area contributed by atoms with Crippen LogP contribution in [0.1, 0.15) is 181 Å². The van der Waals surface area contributed by atoms with Gasteiger partial charge in [-0.3, -0.25) is 9.80 Å². The summed E-state index contributed by atoms with van der Waals surface area (Å²) in [5.41, 5.74) is 4.54. The third-order valence-corrected chi connectivity index (χ3v) is 34.8. The van der Waals surface area contributed by atoms with E-state index in [1.165, 1.54) is 44.1 Å². The van der Waals surface area contributed by atoms with Gasteiger partial charge in [0.25, 0.3) is 0 Å². The Morgan fingerprint density at radius 3 is 1.00 bits per heavy atom. The van der Waals surface area contributed by atoms with Gasteiger partial charge < -0.3 is 29.7 Å². The molecule has 10 heteroatoms. The summed E-state index contributed by atoms with van der Waals surface area (Å²) in [6, 6.07) is 3.83. The molecule has 0 aromatic heterocycles. The van der Waals surface area contributed by atoms with Gasteiger partial charge in [0.2, 0.25) is 0 Å². The zero-order valence-corrected chi connectivity index (χ0v) is 57.4. The first-order chi connectivity index (χ1) is 31.8. The molecule has 0 spiro atoms. The summed E-state index contributed by atoms with van der Waals surface area (Å²) in [6.45, 7) is 16.8. The van der Waals surface area contributed by atoms with Crippen molar-refractivity contribution in [1.29, 1.82) is 0 Å². The van der Waals surface area contributed by atoms with Gasteiger partial charge in [-0.05, 0) is 183 Å². The van der Waals surface area contributed by atoms with Crippen molar-refractivity contribution in [2.24, 2.45) is 82.9 Å². The molecule has 12 fully saturated rings. The van der Waals surface area contributed by atoms with E-state index in [-0.39, 0.29) is 29.7 Å². The maximum absolute atomic E-state index is 4.93. The van der Waals surface area contributed by atoms with Gasteiger partial charge in [-0.2, -0.15) is 0 Å². The summed E-state index contributed by atoms with van der Waals surface area (Å²) >= 11 is -1.65. The topological polar surface area (TPSA) is 6.48 Å². The van der Waals surface area contributed by atoms with Gasteiger partial charge in [0, 0.05) is 24.2 Å². The first kappa shape index (κ1) is 64.1. The molecule has 10 aliphatic carbocycles. The molecule has 404 valence electrons. The second-order valence-corrected chi connectivity index (χ2v) is 45.1. The Hall–Kier alpha value is 3.28. The van der Waals surface area contributed by atoms with E-state index in [9.17, 15) is 0 Å². The van der Waals surface area contributed by atoms with Crippen LogP contribution in [-0.4, -0.2) is 64.2 Å². The Balaban J connectivity index is 0.000000228. The fraction of sp³-hybridized carbons (Fsp3) is 0.933. The average molecular weight is 1240 g/mol. The third-order valence-electron chi connectivity index (χ3n) is 24.6. The Morgan fingerprint density at radius 2 is 0.643 bits per heavy atom. The first-order valence-corrected chi connectivity index (χ1v) is 48.1. The fourth-order valence-corrected chi connectivity index (χ4v) is 34.5. The average Bonchev–Trinajstić information content (AvgIpc) is 4.16. The number of nitrogens with zero attached hydrogens (tertiary/aromatic N) is 2. The molecule has 0 aromatic carbocycles. The van der Waals surface area contributed by atoms with Crippen LogP contribution in [0.25, 0.3) is 0 Å². The predicted molar refractivity (Wildman–Crippen MR) is 310 cm³/mol. The van der Waals surface area contributed by atoms with Crippen molar-refractivity contribution in [2.45, 2.75) is 253 Å². The second-order valence-electron chi connectivity index (χ2n) is 27.6. The summed E-state index contributed by atoms with van der Waals surface area (Å²) in [7, 11) is 22.3. The molecular weight excluding hydrogens is 1130 g/mol. The van der Waals surface area contributed by atoms with Gasteiger partial charge in [0.15, 0.2) is 0 Å². The SMILES string of the molecule is CC1CCC2C(C1)C1C3CCCCC3C([Si](C)(C)C3C4CCCCC4C4CCCCC43)C1N2C.CC1CCC2C(C1)C1C3CCCCC3C([Si](C)(C)C3CCCC3)C1N2C.[CH3-].[CH3-].[CH3-].[CH3-].[Cl][Zr+2][Cl].[Cl][Zr+2][Cl]. The van der Waals surface area contributed by atoms with Crippen LogP contribution in [0.15, 0.2) is 0 Å². The van der Waals surface area contributed by atoms with Crippen LogP contribution in [0.4, 0.5) is 0 Å². The molecule has 0 aromatic rings. The van der Waals surface area contributed by atoms with E-state index in [1.807, 2.05) is 0 Å². The van der Waals surface area contributed by atoms with Crippen molar-refractivity contribution in [3.63, 3.8) is 0 Å². The Kier molecular flexibility index (Phi) is 25.3. The van der Waals surface area contributed by atoms with E-state index in [2.05, 4.69) is 63.9 Å². The monoisotopic (exact) mass is 1230 g/mol. The van der Waals surface area contributed by atoms with E-state index >= 15 is 0 Å². The van der Waals surface area contributed by atoms with Gasteiger partial charge in [-0.1, -0.05) is 143 Å². The molecular formula is C60H110Cl4N2Si2Zr2. The summed E-state index contributed by atoms with van der Waals surface area (Å²) < 4.78 is 0. The molecule has 20 atom stereocenters. The van der Waals surface area contributed by atoms with Crippen molar-refractivity contribution >= 4 is 50.2 Å². The summed E-state index contributed by atoms with van der Waals surface area (Å²) in [5.74, 6) is 15.2. The van der Waals surface area contributed by atoms with Gasteiger partial charge >= 0.3 is 75.7 Å². The Bertz CT molecular complexity index is 1550. The first-order valence-electron chi connectivity index (χ1n) is 29.2. The van der Waals surface area contributed by atoms with Gasteiger partial charge in [0.1, 0.15) is 0 Å². The van der Waals surface area contributed by atoms with E-state index in [0.29, 0.717) is 0 Å². The van der Waals surface area contributed by atoms with E-state index < -0.39 is 57.8 Å². The zero-order valence-electron chi connectivity index (χ0n) is 47.5. The van der Waals surface area contributed by atoms with Crippen molar-refractivity contribution < 1.29 is 41.7 Å². The minimum atomic E-state index is -1.41. The molecule has 0 radical (unpaired) electrons. The quantitative estimate of drug-likeness (QED) is 0.204. The van der Waals surface area contributed by atoms with Crippen LogP contribution < -0.4 is 0 Å².